The van der Waals surface area contributed by atoms with Crippen LogP contribution in [0.4, 0.5) is 0 Å². The minimum absolute atomic E-state index is 0.241. The second kappa shape index (κ2) is 9.27. The van der Waals surface area contributed by atoms with Crippen LogP contribution in [0.3, 0.4) is 0 Å². The Morgan fingerprint density at radius 2 is 1.85 bits per heavy atom. The molecule has 26 heavy (non-hydrogen) atoms. The molecule has 2 aromatic rings. The van der Waals surface area contributed by atoms with Gasteiger partial charge in [-0.05, 0) is 49.1 Å². The smallest absolute Gasteiger partial charge is 0.222 e. The van der Waals surface area contributed by atoms with Gasteiger partial charge in [0.1, 0.15) is 11.5 Å². The summed E-state index contributed by atoms with van der Waals surface area (Å²) in [6.07, 6.45) is 3.50. The van der Waals surface area contributed by atoms with E-state index in [1.807, 2.05) is 59.5 Å². The van der Waals surface area contributed by atoms with E-state index in [2.05, 4.69) is 0 Å². The molecule has 0 spiro atoms. The molecule has 0 radical (unpaired) electrons. The molecule has 4 nitrogen and oxygen atoms in total. The van der Waals surface area contributed by atoms with Gasteiger partial charge in [-0.1, -0.05) is 30.3 Å². The van der Waals surface area contributed by atoms with Crippen molar-refractivity contribution in [1.82, 2.24) is 4.90 Å². The zero-order valence-corrected chi connectivity index (χ0v) is 15.4. The molecule has 1 amide bonds. The fraction of sp³-hybridized carbons (Fsp3) is 0.409. The van der Waals surface area contributed by atoms with E-state index >= 15 is 0 Å². The Balaban J connectivity index is 1.44. The van der Waals surface area contributed by atoms with E-state index in [9.17, 15) is 4.79 Å². The number of carbonyl (C=O) groups excluding carboxylic acids is 1. The van der Waals surface area contributed by atoms with Crippen LogP contribution in [0.25, 0.3) is 0 Å². The molecule has 0 aromatic heterocycles. The number of piperidine rings is 1. The molecule has 1 fully saturated rings. The van der Waals surface area contributed by atoms with Crippen molar-refractivity contribution in [2.45, 2.75) is 25.7 Å². The highest BCUT2D eigenvalue weighted by Gasteiger charge is 2.23. The number of benzene rings is 2. The summed E-state index contributed by atoms with van der Waals surface area (Å²) < 4.78 is 11.0. The van der Waals surface area contributed by atoms with Crippen LogP contribution in [-0.2, 0) is 11.2 Å². The Morgan fingerprint density at radius 3 is 2.58 bits per heavy atom. The molecule has 3 rings (SSSR count). The highest BCUT2D eigenvalue weighted by atomic mass is 16.5. The molecule has 1 unspecified atom stereocenters. The number of methoxy groups -OCH3 is 1. The molecule has 0 aliphatic carbocycles. The molecule has 0 N–H and O–H groups in total. The topological polar surface area (TPSA) is 38.8 Å². The van der Waals surface area contributed by atoms with Crippen molar-refractivity contribution in [3.8, 4) is 11.5 Å². The van der Waals surface area contributed by atoms with E-state index in [1.165, 1.54) is 5.56 Å². The maximum absolute atomic E-state index is 12.6. The third-order valence-electron chi connectivity index (χ3n) is 4.89. The van der Waals surface area contributed by atoms with E-state index < -0.39 is 0 Å². The van der Waals surface area contributed by atoms with Gasteiger partial charge in [0.05, 0.1) is 13.7 Å². The number of likely N-dealkylation sites (tertiary alicyclic amines) is 1. The van der Waals surface area contributed by atoms with E-state index in [0.717, 1.165) is 43.9 Å². The van der Waals surface area contributed by atoms with Gasteiger partial charge >= 0.3 is 0 Å². The van der Waals surface area contributed by atoms with Crippen molar-refractivity contribution in [3.05, 3.63) is 60.2 Å². The fourth-order valence-electron chi connectivity index (χ4n) is 3.36. The van der Waals surface area contributed by atoms with Crippen molar-refractivity contribution in [3.63, 3.8) is 0 Å². The quantitative estimate of drug-likeness (QED) is 0.757. The predicted molar refractivity (Wildman–Crippen MR) is 103 cm³/mol. The molecule has 1 aliphatic heterocycles. The second-order valence-electron chi connectivity index (χ2n) is 6.82. The highest BCUT2D eigenvalue weighted by molar-refractivity contribution is 5.76. The Hall–Kier alpha value is -2.49. The first-order valence-corrected chi connectivity index (χ1v) is 9.33. The summed E-state index contributed by atoms with van der Waals surface area (Å²) >= 11 is 0. The Labute approximate surface area is 155 Å². The van der Waals surface area contributed by atoms with Crippen LogP contribution in [0.5, 0.6) is 11.5 Å². The number of ether oxygens (including phenoxy) is 2. The Kier molecular flexibility index (Phi) is 6.53. The number of nitrogens with zero attached hydrogens (tertiary/aromatic N) is 1. The Bertz CT molecular complexity index is 684. The molecule has 0 bridgehead atoms. The lowest BCUT2D eigenvalue weighted by Crippen LogP contribution is -2.41. The number of carbonyl (C=O) groups is 1. The SMILES string of the molecule is COc1ccc(CCC(=O)N2CCCC(COc3ccccc3)C2)cc1. The number of rotatable bonds is 7. The first-order chi connectivity index (χ1) is 12.7. The van der Waals surface area contributed by atoms with Crippen LogP contribution in [0.15, 0.2) is 54.6 Å². The van der Waals surface area contributed by atoms with Crippen molar-refractivity contribution in [2.24, 2.45) is 5.92 Å². The van der Waals surface area contributed by atoms with Crippen molar-refractivity contribution >= 4 is 5.91 Å². The molecule has 1 heterocycles. The summed E-state index contributed by atoms with van der Waals surface area (Å²) in [7, 11) is 1.66. The van der Waals surface area contributed by atoms with Crippen LogP contribution >= 0.6 is 0 Å². The predicted octanol–water partition coefficient (Wildman–Crippen LogP) is 3.95. The van der Waals surface area contributed by atoms with E-state index in [1.54, 1.807) is 7.11 Å². The van der Waals surface area contributed by atoms with Crippen LogP contribution in [0.1, 0.15) is 24.8 Å². The molecule has 1 aliphatic rings. The molecule has 1 atom stereocenters. The largest absolute Gasteiger partial charge is 0.497 e. The standard InChI is InChI=1S/C22H27NO3/c1-25-20-12-9-18(10-13-20)11-14-22(24)23-15-5-6-19(16-23)17-26-21-7-3-2-4-8-21/h2-4,7-10,12-13,19H,5-6,11,14-17H2,1H3. The van der Waals surface area contributed by atoms with Gasteiger partial charge in [0.15, 0.2) is 0 Å². The van der Waals surface area contributed by atoms with Crippen molar-refractivity contribution in [2.75, 3.05) is 26.8 Å². The average molecular weight is 353 g/mol. The van der Waals surface area contributed by atoms with Crippen molar-refractivity contribution < 1.29 is 14.3 Å². The van der Waals surface area contributed by atoms with Crippen LogP contribution in [0.2, 0.25) is 0 Å². The summed E-state index contributed by atoms with van der Waals surface area (Å²) in [5.41, 5.74) is 1.17. The van der Waals surface area contributed by atoms with Crippen LogP contribution in [-0.4, -0.2) is 37.6 Å². The van der Waals surface area contributed by atoms with E-state index in [4.69, 9.17) is 9.47 Å². The van der Waals surface area contributed by atoms with Gasteiger partial charge in [0.25, 0.3) is 0 Å². The molecular formula is C22H27NO3. The van der Waals surface area contributed by atoms with Gasteiger partial charge in [0, 0.05) is 25.4 Å². The second-order valence-corrected chi connectivity index (χ2v) is 6.82. The maximum atomic E-state index is 12.6. The minimum Gasteiger partial charge on any atom is -0.497 e. The Morgan fingerprint density at radius 1 is 1.08 bits per heavy atom. The lowest BCUT2D eigenvalue weighted by atomic mass is 9.98. The number of amides is 1. The maximum Gasteiger partial charge on any atom is 0.222 e. The normalized spacial score (nSPS) is 17.0. The molecule has 2 aromatic carbocycles. The van der Waals surface area contributed by atoms with Gasteiger partial charge in [-0.25, -0.2) is 0 Å². The third-order valence-corrected chi connectivity index (χ3v) is 4.89. The summed E-state index contributed by atoms with van der Waals surface area (Å²) in [4.78, 5) is 14.6. The van der Waals surface area contributed by atoms with Crippen molar-refractivity contribution in [1.29, 1.82) is 0 Å². The summed E-state index contributed by atoms with van der Waals surface area (Å²) in [5.74, 6) is 2.40. The zero-order valence-electron chi connectivity index (χ0n) is 15.4. The number of aryl methyl sites for hydroxylation is 1. The zero-order chi connectivity index (χ0) is 18.2. The summed E-state index contributed by atoms with van der Waals surface area (Å²) in [6.45, 7) is 2.34. The number of para-hydroxylation sites is 1. The molecule has 0 saturated carbocycles. The lowest BCUT2D eigenvalue weighted by Gasteiger charge is -2.32. The van der Waals surface area contributed by atoms with Gasteiger partial charge in [-0.15, -0.1) is 0 Å². The minimum atomic E-state index is 0.241. The molecule has 1 saturated heterocycles. The fourth-order valence-corrected chi connectivity index (χ4v) is 3.36. The molecular weight excluding hydrogens is 326 g/mol. The molecule has 138 valence electrons. The first kappa shape index (κ1) is 18.3. The lowest BCUT2D eigenvalue weighted by molar-refractivity contribution is -0.133. The van der Waals surface area contributed by atoms with Crippen LogP contribution < -0.4 is 9.47 Å². The van der Waals surface area contributed by atoms with E-state index in [-0.39, 0.29) is 5.91 Å². The molecule has 4 heteroatoms. The van der Waals surface area contributed by atoms with Crippen LogP contribution in [0, 0.1) is 5.92 Å². The van der Waals surface area contributed by atoms with E-state index in [0.29, 0.717) is 18.9 Å². The number of hydrogen-bond acceptors (Lipinski definition) is 3. The average Bonchev–Trinajstić information content (AvgIpc) is 2.72. The van der Waals surface area contributed by atoms with Gasteiger partial charge in [0.2, 0.25) is 5.91 Å². The first-order valence-electron chi connectivity index (χ1n) is 9.33. The third kappa shape index (κ3) is 5.25. The number of hydrogen-bond donors (Lipinski definition) is 0. The van der Waals surface area contributed by atoms with Gasteiger partial charge < -0.3 is 14.4 Å². The van der Waals surface area contributed by atoms with Gasteiger partial charge in [-0.2, -0.15) is 0 Å². The monoisotopic (exact) mass is 353 g/mol. The summed E-state index contributed by atoms with van der Waals surface area (Å²) in [5, 5.41) is 0. The van der Waals surface area contributed by atoms with Gasteiger partial charge in [-0.3, -0.25) is 4.79 Å². The summed E-state index contributed by atoms with van der Waals surface area (Å²) in [6, 6.07) is 17.8. The highest BCUT2D eigenvalue weighted by Crippen LogP contribution is 2.20.